The van der Waals surface area contributed by atoms with E-state index in [4.69, 9.17) is 4.98 Å². The molecule has 1 fully saturated rings. The highest BCUT2D eigenvalue weighted by atomic mass is 32.1. The molecular weight excluding hydrogens is 504 g/mol. The molecule has 0 unspecified atom stereocenters. The molecule has 8 heteroatoms. The highest BCUT2D eigenvalue weighted by Gasteiger charge is 2.26. The number of hydrogen-bond acceptors (Lipinski definition) is 7. The van der Waals surface area contributed by atoms with Crippen molar-refractivity contribution in [2.45, 2.75) is 0 Å². The Morgan fingerprint density at radius 1 is 0.744 bits per heavy atom. The third-order valence-electron chi connectivity index (χ3n) is 7.31. The number of benzene rings is 3. The standard InChI is InChI=1S/C31H26N6OS/c1-35-17-19-36(20-18-35)31-32-27-25-24(21-11-5-2-6-12-21)26(22-13-7-3-8-14-22)33-34-29(25)39-28(27)30(38)37(31)23-15-9-4-10-16-23/h2-16H,17-20H2,1H3. The Hall–Kier alpha value is -4.40. The number of aromatic nitrogens is 4. The van der Waals surface area contributed by atoms with Crippen molar-refractivity contribution in [3.05, 3.63) is 101 Å². The first kappa shape index (κ1) is 23.7. The fraction of sp³-hybridized carbons (Fsp3) is 0.161. The lowest BCUT2D eigenvalue weighted by atomic mass is 9.97. The van der Waals surface area contributed by atoms with E-state index < -0.39 is 0 Å². The van der Waals surface area contributed by atoms with Crippen LogP contribution in [0.25, 0.3) is 48.5 Å². The van der Waals surface area contributed by atoms with Crippen molar-refractivity contribution in [2.24, 2.45) is 0 Å². The van der Waals surface area contributed by atoms with E-state index in [9.17, 15) is 4.79 Å². The second kappa shape index (κ2) is 9.72. The summed E-state index contributed by atoms with van der Waals surface area (Å²) in [6.07, 6.45) is 0. The van der Waals surface area contributed by atoms with Crippen molar-refractivity contribution in [1.82, 2.24) is 24.6 Å². The second-order valence-electron chi connectivity index (χ2n) is 9.79. The van der Waals surface area contributed by atoms with Crippen LogP contribution in [0.15, 0.2) is 95.8 Å². The maximum atomic E-state index is 14.3. The van der Waals surface area contributed by atoms with Gasteiger partial charge in [0.15, 0.2) is 0 Å². The summed E-state index contributed by atoms with van der Waals surface area (Å²) in [5, 5.41) is 10.2. The number of nitrogens with zero attached hydrogens (tertiary/aromatic N) is 6. The maximum Gasteiger partial charge on any atom is 0.277 e. The van der Waals surface area contributed by atoms with E-state index in [1.165, 1.54) is 11.3 Å². The quantitative estimate of drug-likeness (QED) is 0.301. The lowest BCUT2D eigenvalue weighted by molar-refractivity contribution is 0.310. The molecule has 1 aliphatic heterocycles. The van der Waals surface area contributed by atoms with Crippen LogP contribution in [-0.4, -0.2) is 57.9 Å². The molecule has 0 saturated carbocycles. The number of likely N-dealkylation sites (N-methyl/N-ethyl adjacent to an activating group) is 1. The smallest absolute Gasteiger partial charge is 0.277 e. The zero-order chi connectivity index (χ0) is 26.3. The van der Waals surface area contributed by atoms with Gasteiger partial charge in [-0.1, -0.05) is 78.9 Å². The van der Waals surface area contributed by atoms with Crippen molar-refractivity contribution in [3.8, 4) is 28.1 Å². The number of rotatable bonds is 4. The van der Waals surface area contributed by atoms with E-state index in [2.05, 4.69) is 39.2 Å². The monoisotopic (exact) mass is 530 g/mol. The van der Waals surface area contributed by atoms with Gasteiger partial charge in [-0.3, -0.25) is 4.79 Å². The Labute approximate surface area is 229 Å². The van der Waals surface area contributed by atoms with E-state index in [1.807, 2.05) is 78.9 Å². The third kappa shape index (κ3) is 4.09. The topological polar surface area (TPSA) is 67.2 Å². The predicted octanol–water partition coefficient (Wildman–Crippen LogP) is 5.48. The van der Waals surface area contributed by atoms with Gasteiger partial charge in [0.2, 0.25) is 5.95 Å². The molecule has 0 amide bonds. The van der Waals surface area contributed by atoms with Crippen LogP contribution in [0.3, 0.4) is 0 Å². The van der Waals surface area contributed by atoms with Crippen LogP contribution < -0.4 is 10.5 Å². The molecule has 0 bridgehead atoms. The van der Waals surface area contributed by atoms with Crippen molar-refractivity contribution >= 4 is 37.7 Å². The Morgan fingerprint density at radius 3 is 2.03 bits per heavy atom. The third-order valence-corrected chi connectivity index (χ3v) is 8.36. The average molecular weight is 531 g/mol. The molecule has 0 N–H and O–H groups in total. The lowest BCUT2D eigenvalue weighted by Gasteiger charge is -2.34. The second-order valence-corrected chi connectivity index (χ2v) is 10.8. The summed E-state index contributed by atoms with van der Waals surface area (Å²) in [6, 6.07) is 30.1. The molecule has 1 aliphatic rings. The van der Waals surface area contributed by atoms with Crippen molar-refractivity contribution in [2.75, 3.05) is 38.1 Å². The van der Waals surface area contributed by atoms with Crippen LogP contribution in [0.5, 0.6) is 0 Å². The highest BCUT2D eigenvalue weighted by Crippen LogP contribution is 2.42. The summed E-state index contributed by atoms with van der Waals surface area (Å²) >= 11 is 1.37. The first-order valence-corrected chi connectivity index (χ1v) is 13.9. The van der Waals surface area contributed by atoms with Gasteiger partial charge in [0, 0.05) is 42.7 Å². The highest BCUT2D eigenvalue weighted by molar-refractivity contribution is 7.25. The van der Waals surface area contributed by atoms with Crippen molar-refractivity contribution < 1.29 is 0 Å². The fourth-order valence-corrected chi connectivity index (χ4v) is 6.28. The molecule has 6 aromatic rings. The minimum Gasteiger partial charge on any atom is -0.339 e. The average Bonchev–Trinajstić information content (AvgIpc) is 3.37. The van der Waals surface area contributed by atoms with Crippen LogP contribution >= 0.6 is 11.3 Å². The van der Waals surface area contributed by atoms with Crippen LogP contribution in [-0.2, 0) is 0 Å². The minimum atomic E-state index is -0.0802. The van der Waals surface area contributed by atoms with E-state index in [0.717, 1.165) is 59.6 Å². The zero-order valence-electron chi connectivity index (χ0n) is 21.5. The Morgan fingerprint density at radius 2 is 1.36 bits per heavy atom. The Bertz CT molecular complexity index is 1840. The number of hydrogen-bond donors (Lipinski definition) is 0. The minimum absolute atomic E-state index is 0.0802. The van der Waals surface area contributed by atoms with Gasteiger partial charge >= 0.3 is 0 Å². The molecule has 3 aromatic heterocycles. The summed E-state index contributed by atoms with van der Waals surface area (Å²) in [6.45, 7) is 3.41. The molecule has 39 heavy (non-hydrogen) atoms. The number of piperazine rings is 1. The number of fused-ring (bicyclic) bond motifs is 3. The summed E-state index contributed by atoms with van der Waals surface area (Å²) in [5.41, 5.74) is 5.14. The van der Waals surface area contributed by atoms with E-state index in [1.54, 1.807) is 4.57 Å². The molecule has 0 atom stereocenters. The maximum absolute atomic E-state index is 14.3. The van der Waals surface area contributed by atoms with Crippen molar-refractivity contribution in [1.29, 1.82) is 0 Å². The summed E-state index contributed by atoms with van der Waals surface area (Å²) < 4.78 is 2.35. The lowest BCUT2D eigenvalue weighted by Crippen LogP contribution is -2.46. The first-order chi connectivity index (χ1) is 19.2. The van der Waals surface area contributed by atoms with Gasteiger partial charge in [-0.05, 0) is 24.7 Å². The van der Waals surface area contributed by atoms with Gasteiger partial charge in [0.05, 0.1) is 5.69 Å². The number of thiophene rings is 1. The normalized spacial score (nSPS) is 14.3. The number of para-hydroxylation sites is 1. The molecule has 1 saturated heterocycles. The van der Waals surface area contributed by atoms with Gasteiger partial charge in [0.25, 0.3) is 5.56 Å². The molecule has 0 aliphatic carbocycles. The van der Waals surface area contributed by atoms with E-state index in [-0.39, 0.29) is 5.56 Å². The van der Waals surface area contributed by atoms with Crippen LogP contribution in [0, 0.1) is 0 Å². The van der Waals surface area contributed by atoms with E-state index in [0.29, 0.717) is 21.0 Å². The molecule has 192 valence electrons. The Balaban J connectivity index is 1.59. The summed E-state index contributed by atoms with van der Waals surface area (Å²) in [4.78, 5) is 24.8. The van der Waals surface area contributed by atoms with Gasteiger partial charge < -0.3 is 9.80 Å². The van der Waals surface area contributed by atoms with Crippen LogP contribution in [0.2, 0.25) is 0 Å². The SMILES string of the molecule is CN1CCN(c2nc3c(sc4nnc(-c5ccccc5)c(-c5ccccc5)c43)c(=O)n2-c2ccccc2)CC1. The summed E-state index contributed by atoms with van der Waals surface area (Å²) in [5.74, 6) is 0.670. The number of anilines is 1. The van der Waals surface area contributed by atoms with Gasteiger partial charge in [-0.15, -0.1) is 21.5 Å². The molecular formula is C31H26N6OS. The molecule has 3 aromatic carbocycles. The van der Waals surface area contributed by atoms with Gasteiger partial charge in [-0.25, -0.2) is 9.55 Å². The molecule has 7 rings (SSSR count). The molecule has 4 heterocycles. The van der Waals surface area contributed by atoms with Crippen LogP contribution in [0.1, 0.15) is 0 Å². The van der Waals surface area contributed by atoms with Crippen molar-refractivity contribution in [3.63, 3.8) is 0 Å². The molecule has 0 radical (unpaired) electrons. The Kier molecular flexibility index (Phi) is 5.91. The van der Waals surface area contributed by atoms with Gasteiger partial charge in [-0.2, -0.15) is 0 Å². The van der Waals surface area contributed by atoms with Gasteiger partial charge in [0.1, 0.15) is 20.7 Å². The largest absolute Gasteiger partial charge is 0.339 e. The first-order valence-electron chi connectivity index (χ1n) is 13.0. The zero-order valence-corrected chi connectivity index (χ0v) is 22.3. The molecule has 0 spiro atoms. The molecule has 7 nitrogen and oxygen atoms in total. The predicted molar refractivity (Wildman–Crippen MR) is 159 cm³/mol. The van der Waals surface area contributed by atoms with Crippen LogP contribution in [0.4, 0.5) is 5.95 Å². The fourth-order valence-electron chi connectivity index (χ4n) is 5.28. The van der Waals surface area contributed by atoms with E-state index >= 15 is 0 Å². The summed E-state index contributed by atoms with van der Waals surface area (Å²) in [7, 11) is 2.13.